The van der Waals surface area contributed by atoms with Crippen molar-refractivity contribution in [3.8, 4) is 0 Å². The fraction of sp³-hybridized carbons (Fsp3) is 0.667. The third kappa shape index (κ3) is 2.16. The summed E-state index contributed by atoms with van der Waals surface area (Å²) in [7, 11) is 0. The van der Waals surface area contributed by atoms with Gasteiger partial charge in [-0.2, -0.15) is 0 Å². The van der Waals surface area contributed by atoms with E-state index in [9.17, 15) is 4.79 Å². The van der Waals surface area contributed by atoms with Crippen LogP contribution >= 0.6 is 0 Å². The smallest absolute Gasteiger partial charge is 0.431 e. The van der Waals surface area contributed by atoms with E-state index in [-0.39, 0.29) is 29.6 Å². The standard InChI is InChI=1S/C3H4O3.Na/c4-3-5-1-2-6-3;/h1-2H2;. The number of hydrogen-bond acceptors (Lipinski definition) is 3. The first-order valence-corrected chi connectivity index (χ1v) is 1.69. The third-order valence-electron chi connectivity index (χ3n) is 0.523. The zero-order valence-corrected chi connectivity index (χ0v) is 6.14. The van der Waals surface area contributed by atoms with Crippen molar-refractivity contribution in [3.63, 3.8) is 0 Å². The third-order valence-corrected chi connectivity index (χ3v) is 0.523. The molecule has 1 heterocycles. The molecule has 1 aliphatic rings. The van der Waals surface area contributed by atoms with E-state index < -0.39 is 6.16 Å². The van der Waals surface area contributed by atoms with Crippen molar-refractivity contribution in [1.29, 1.82) is 0 Å². The zero-order valence-electron chi connectivity index (χ0n) is 4.14. The van der Waals surface area contributed by atoms with E-state index in [0.717, 1.165) is 0 Å². The van der Waals surface area contributed by atoms with E-state index in [1.807, 2.05) is 0 Å². The van der Waals surface area contributed by atoms with Crippen LogP contribution in [0.5, 0.6) is 0 Å². The molecule has 1 saturated heterocycles. The molecule has 0 aromatic rings. The molecular formula is C3H4NaO3. The fourth-order valence-electron chi connectivity index (χ4n) is 0.292. The number of carbonyl (C=O) groups excluding carboxylic acids is 1. The summed E-state index contributed by atoms with van der Waals surface area (Å²) in [5, 5.41) is 0. The van der Waals surface area contributed by atoms with Crippen LogP contribution in [-0.2, 0) is 9.47 Å². The first-order chi connectivity index (χ1) is 2.89. The molecule has 1 radical (unpaired) electrons. The Bertz CT molecular complexity index is 64.6. The molecule has 0 unspecified atom stereocenters. The van der Waals surface area contributed by atoms with Gasteiger partial charge in [0.05, 0.1) is 0 Å². The quantitative estimate of drug-likeness (QED) is 0.320. The van der Waals surface area contributed by atoms with Crippen LogP contribution in [0.1, 0.15) is 0 Å². The maximum Gasteiger partial charge on any atom is 0.508 e. The summed E-state index contributed by atoms with van der Waals surface area (Å²) < 4.78 is 8.58. The summed E-state index contributed by atoms with van der Waals surface area (Å²) in [5.74, 6) is 0. The second-order valence-electron chi connectivity index (χ2n) is 0.947. The summed E-state index contributed by atoms with van der Waals surface area (Å²) in [6.07, 6.45) is -0.546. The number of carbonyl (C=O) groups is 1. The molecule has 0 bridgehead atoms. The van der Waals surface area contributed by atoms with Gasteiger partial charge in [-0.15, -0.1) is 0 Å². The maximum absolute atomic E-state index is 9.80. The molecule has 0 amide bonds. The van der Waals surface area contributed by atoms with Crippen LogP contribution in [0.15, 0.2) is 0 Å². The van der Waals surface area contributed by atoms with E-state index in [0.29, 0.717) is 13.2 Å². The van der Waals surface area contributed by atoms with Crippen LogP contribution < -0.4 is 0 Å². The Morgan fingerprint density at radius 3 is 1.86 bits per heavy atom. The molecule has 0 atom stereocenters. The molecule has 0 aromatic heterocycles. The minimum absolute atomic E-state index is 0. The molecule has 1 fully saturated rings. The van der Waals surface area contributed by atoms with Crippen molar-refractivity contribution >= 4 is 35.7 Å². The molecule has 3 nitrogen and oxygen atoms in total. The van der Waals surface area contributed by atoms with Crippen LogP contribution in [0.25, 0.3) is 0 Å². The van der Waals surface area contributed by atoms with Crippen LogP contribution in [0, 0.1) is 0 Å². The Kier molecular flexibility index (Phi) is 3.42. The van der Waals surface area contributed by atoms with E-state index >= 15 is 0 Å². The molecule has 0 N–H and O–H groups in total. The first-order valence-electron chi connectivity index (χ1n) is 1.69. The van der Waals surface area contributed by atoms with Gasteiger partial charge in [-0.05, 0) is 0 Å². The Morgan fingerprint density at radius 2 is 1.71 bits per heavy atom. The van der Waals surface area contributed by atoms with Crippen LogP contribution in [0.2, 0.25) is 0 Å². The summed E-state index contributed by atoms with van der Waals surface area (Å²) in [5.41, 5.74) is 0. The Morgan fingerprint density at radius 1 is 1.29 bits per heavy atom. The van der Waals surface area contributed by atoms with E-state index in [2.05, 4.69) is 9.47 Å². The zero-order chi connectivity index (χ0) is 4.41. The van der Waals surface area contributed by atoms with Crippen LogP contribution in [-0.4, -0.2) is 48.9 Å². The van der Waals surface area contributed by atoms with Crippen molar-refractivity contribution in [3.05, 3.63) is 0 Å². The molecule has 1 aliphatic heterocycles. The molecule has 4 heteroatoms. The second kappa shape index (κ2) is 3.29. The number of hydrogen-bond donors (Lipinski definition) is 0. The number of rotatable bonds is 0. The van der Waals surface area contributed by atoms with Gasteiger partial charge in [0.25, 0.3) is 0 Å². The van der Waals surface area contributed by atoms with Gasteiger partial charge in [-0.3, -0.25) is 0 Å². The summed E-state index contributed by atoms with van der Waals surface area (Å²) in [6.45, 7) is 0.831. The van der Waals surface area contributed by atoms with E-state index in [1.54, 1.807) is 0 Å². The molecule has 0 aliphatic carbocycles. The van der Waals surface area contributed by atoms with Crippen LogP contribution in [0.4, 0.5) is 4.79 Å². The van der Waals surface area contributed by atoms with Gasteiger partial charge in [0.1, 0.15) is 13.2 Å². The van der Waals surface area contributed by atoms with Gasteiger partial charge < -0.3 is 9.47 Å². The van der Waals surface area contributed by atoms with Crippen molar-refractivity contribution in [1.82, 2.24) is 0 Å². The molecule has 1 rings (SSSR count). The Labute approximate surface area is 63.3 Å². The van der Waals surface area contributed by atoms with Crippen LogP contribution in [0.3, 0.4) is 0 Å². The van der Waals surface area contributed by atoms with Gasteiger partial charge in [-0.1, -0.05) is 0 Å². The van der Waals surface area contributed by atoms with Crippen molar-refractivity contribution < 1.29 is 14.3 Å². The fourth-order valence-corrected chi connectivity index (χ4v) is 0.292. The SMILES string of the molecule is O=C1OCCO1.[Na]. The minimum atomic E-state index is -0.546. The minimum Gasteiger partial charge on any atom is -0.431 e. The summed E-state index contributed by atoms with van der Waals surface area (Å²) in [4.78, 5) is 9.80. The topological polar surface area (TPSA) is 35.5 Å². The largest absolute Gasteiger partial charge is 0.508 e. The average Bonchev–Trinajstić information content (AvgIpc) is 1.86. The van der Waals surface area contributed by atoms with E-state index in [4.69, 9.17) is 0 Å². The van der Waals surface area contributed by atoms with Gasteiger partial charge in [0, 0.05) is 29.6 Å². The van der Waals surface area contributed by atoms with Gasteiger partial charge in [0.15, 0.2) is 0 Å². The normalized spacial score (nSPS) is 16.9. The molecule has 0 spiro atoms. The Balaban J connectivity index is 0.000000360. The van der Waals surface area contributed by atoms with Crippen molar-refractivity contribution in [2.24, 2.45) is 0 Å². The van der Waals surface area contributed by atoms with Crippen molar-refractivity contribution in [2.45, 2.75) is 0 Å². The van der Waals surface area contributed by atoms with Gasteiger partial charge in [0.2, 0.25) is 0 Å². The monoisotopic (exact) mass is 111 g/mol. The number of ether oxygens (including phenoxy) is 2. The summed E-state index contributed by atoms with van der Waals surface area (Å²) in [6, 6.07) is 0. The molecule has 7 heavy (non-hydrogen) atoms. The second-order valence-corrected chi connectivity index (χ2v) is 0.947. The van der Waals surface area contributed by atoms with E-state index in [1.165, 1.54) is 0 Å². The van der Waals surface area contributed by atoms with Gasteiger partial charge >= 0.3 is 6.16 Å². The Hall–Kier alpha value is 0.270. The predicted octanol–water partition coefficient (Wildman–Crippen LogP) is -0.228. The van der Waals surface area contributed by atoms with Gasteiger partial charge in [-0.25, -0.2) is 4.79 Å². The molecule has 0 aromatic carbocycles. The maximum atomic E-state index is 9.80. The van der Waals surface area contributed by atoms with Crippen molar-refractivity contribution in [2.75, 3.05) is 13.2 Å². The predicted molar refractivity (Wildman–Crippen MR) is 23.1 cm³/mol. The molecule has 0 saturated carbocycles. The molecule has 35 valence electrons. The average molecular weight is 111 g/mol. The summed E-state index contributed by atoms with van der Waals surface area (Å²) >= 11 is 0. The molecular weight excluding hydrogens is 107 g/mol. The number of cyclic esters (lactones) is 2. The first kappa shape index (κ1) is 7.27.